The molecule has 0 fully saturated rings. The molecule has 2 aromatic carbocycles. The highest BCUT2D eigenvalue weighted by Crippen LogP contribution is 2.31. The fraction of sp³-hybridized carbons (Fsp3) is 0.190. The van der Waals surface area contributed by atoms with Gasteiger partial charge < -0.3 is 4.42 Å². The first-order valence-electron chi connectivity index (χ1n) is 8.33. The molecule has 0 spiro atoms. The number of hydrogen-bond acceptors (Lipinski definition) is 4. The zero-order valence-electron chi connectivity index (χ0n) is 15.2. The summed E-state index contributed by atoms with van der Waals surface area (Å²) in [6, 6.07) is 13.1. The molecule has 3 rings (SSSR count). The molecule has 5 heteroatoms. The van der Waals surface area contributed by atoms with Crippen LogP contribution in [0.4, 0.5) is 11.4 Å². The van der Waals surface area contributed by atoms with Crippen LogP contribution in [0.25, 0.3) is 11.3 Å². The maximum atomic E-state index is 11.1. The Labute approximate surface area is 152 Å². The van der Waals surface area contributed by atoms with Crippen LogP contribution in [0.5, 0.6) is 0 Å². The molecular weight excluding hydrogens is 328 g/mol. The SMILES string of the molecule is Cc1cc([N+](=O)[O-])c(C)cc1-c1ccc(C=Nc2cccc(C)c2C)o1. The molecule has 0 amide bonds. The van der Waals surface area contributed by atoms with E-state index in [0.717, 1.165) is 22.4 Å². The lowest BCUT2D eigenvalue weighted by atomic mass is 10.0. The second kappa shape index (κ2) is 6.96. The van der Waals surface area contributed by atoms with Crippen molar-refractivity contribution in [3.05, 3.63) is 80.6 Å². The van der Waals surface area contributed by atoms with Gasteiger partial charge in [0.05, 0.1) is 16.8 Å². The number of hydrogen-bond donors (Lipinski definition) is 0. The van der Waals surface area contributed by atoms with Crippen molar-refractivity contribution in [1.82, 2.24) is 0 Å². The summed E-state index contributed by atoms with van der Waals surface area (Å²) in [6.45, 7) is 7.67. The first-order valence-corrected chi connectivity index (χ1v) is 8.33. The third-order valence-electron chi connectivity index (χ3n) is 4.54. The zero-order valence-corrected chi connectivity index (χ0v) is 15.2. The van der Waals surface area contributed by atoms with Gasteiger partial charge in [-0.2, -0.15) is 0 Å². The van der Waals surface area contributed by atoms with E-state index >= 15 is 0 Å². The highest BCUT2D eigenvalue weighted by molar-refractivity contribution is 5.81. The van der Waals surface area contributed by atoms with Crippen molar-refractivity contribution < 1.29 is 9.34 Å². The largest absolute Gasteiger partial charge is 0.455 e. The second-order valence-corrected chi connectivity index (χ2v) is 6.39. The fourth-order valence-corrected chi connectivity index (χ4v) is 2.84. The molecule has 0 saturated heterocycles. The van der Waals surface area contributed by atoms with Gasteiger partial charge in [0.15, 0.2) is 0 Å². The van der Waals surface area contributed by atoms with E-state index in [1.807, 2.05) is 38.1 Å². The minimum Gasteiger partial charge on any atom is -0.455 e. The normalized spacial score (nSPS) is 11.2. The monoisotopic (exact) mass is 348 g/mol. The summed E-state index contributed by atoms with van der Waals surface area (Å²) in [5, 5.41) is 11.1. The number of aryl methyl sites for hydroxylation is 3. The van der Waals surface area contributed by atoms with Crippen molar-refractivity contribution >= 4 is 17.6 Å². The van der Waals surface area contributed by atoms with Crippen LogP contribution >= 0.6 is 0 Å². The van der Waals surface area contributed by atoms with Crippen LogP contribution in [0, 0.1) is 37.8 Å². The van der Waals surface area contributed by atoms with Crippen molar-refractivity contribution in [2.45, 2.75) is 27.7 Å². The van der Waals surface area contributed by atoms with E-state index in [9.17, 15) is 10.1 Å². The number of nitrogens with zero attached hydrogens (tertiary/aromatic N) is 2. The Morgan fingerprint density at radius 2 is 1.77 bits per heavy atom. The molecule has 26 heavy (non-hydrogen) atoms. The van der Waals surface area contributed by atoms with Gasteiger partial charge in [0.2, 0.25) is 0 Å². The summed E-state index contributed by atoms with van der Waals surface area (Å²) < 4.78 is 5.88. The second-order valence-electron chi connectivity index (χ2n) is 6.39. The predicted octanol–water partition coefficient (Wildman–Crippen LogP) is 5.84. The molecular formula is C21H20N2O3. The summed E-state index contributed by atoms with van der Waals surface area (Å²) in [5.74, 6) is 1.30. The fourth-order valence-electron chi connectivity index (χ4n) is 2.84. The van der Waals surface area contributed by atoms with Gasteiger partial charge in [-0.05, 0) is 68.7 Å². The van der Waals surface area contributed by atoms with Crippen molar-refractivity contribution in [1.29, 1.82) is 0 Å². The molecule has 0 atom stereocenters. The maximum absolute atomic E-state index is 11.1. The van der Waals surface area contributed by atoms with E-state index < -0.39 is 0 Å². The van der Waals surface area contributed by atoms with Gasteiger partial charge in [-0.15, -0.1) is 0 Å². The lowest BCUT2D eigenvalue weighted by molar-refractivity contribution is -0.385. The third kappa shape index (κ3) is 3.42. The van der Waals surface area contributed by atoms with E-state index in [1.54, 1.807) is 25.3 Å². The lowest BCUT2D eigenvalue weighted by Crippen LogP contribution is -1.94. The van der Waals surface area contributed by atoms with Crippen LogP contribution in [-0.4, -0.2) is 11.1 Å². The summed E-state index contributed by atoms with van der Waals surface area (Å²) in [4.78, 5) is 15.2. The van der Waals surface area contributed by atoms with E-state index in [0.29, 0.717) is 17.1 Å². The lowest BCUT2D eigenvalue weighted by Gasteiger charge is -2.05. The number of rotatable bonds is 4. The van der Waals surface area contributed by atoms with Crippen LogP contribution in [0.1, 0.15) is 28.0 Å². The van der Waals surface area contributed by atoms with Crippen molar-refractivity contribution in [3.63, 3.8) is 0 Å². The van der Waals surface area contributed by atoms with Gasteiger partial charge in [-0.1, -0.05) is 12.1 Å². The molecule has 5 nitrogen and oxygen atoms in total. The quantitative estimate of drug-likeness (QED) is 0.338. The van der Waals surface area contributed by atoms with Crippen molar-refractivity contribution in [3.8, 4) is 11.3 Å². The Morgan fingerprint density at radius 1 is 1.00 bits per heavy atom. The summed E-state index contributed by atoms with van der Waals surface area (Å²) in [5.41, 5.74) is 5.61. The van der Waals surface area contributed by atoms with Gasteiger partial charge in [-0.25, -0.2) is 0 Å². The summed E-state index contributed by atoms with van der Waals surface area (Å²) in [6.07, 6.45) is 1.69. The van der Waals surface area contributed by atoms with Crippen LogP contribution in [0.3, 0.4) is 0 Å². The van der Waals surface area contributed by atoms with Crippen molar-refractivity contribution in [2.24, 2.45) is 4.99 Å². The molecule has 0 aliphatic rings. The average Bonchev–Trinajstić information content (AvgIpc) is 3.06. The molecule has 132 valence electrons. The number of furan rings is 1. The summed E-state index contributed by atoms with van der Waals surface area (Å²) in [7, 11) is 0. The summed E-state index contributed by atoms with van der Waals surface area (Å²) >= 11 is 0. The Bertz CT molecular complexity index is 1020. The minimum absolute atomic E-state index is 0.120. The van der Waals surface area contributed by atoms with Crippen molar-refractivity contribution in [2.75, 3.05) is 0 Å². The van der Waals surface area contributed by atoms with Gasteiger partial charge in [0.1, 0.15) is 11.5 Å². The Hall–Kier alpha value is -3.21. The average molecular weight is 348 g/mol. The molecule has 0 aliphatic heterocycles. The molecule has 0 N–H and O–H groups in total. The van der Waals surface area contributed by atoms with Gasteiger partial charge >= 0.3 is 0 Å². The van der Waals surface area contributed by atoms with Gasteiger partial charge in [-0.3, -0.25) is 15.1 Å². The molecule has 0 bridgehead atoms. The maximum Gasteiger partial charge on any atom is 0.272 e. The van der Waals surface area contributed by atoms with E-state index in [1.165, 1.54) is 5.56 Å². The van der Waals surface area contributed by atoms with Crippen LogP contribution in [-0.2, 0) is 0 Å². The topological polar surface area (TPSA) is 68.6 Å². The predicted molar refractivity (Wildman–Crippen MR) is 103 cm³/mol. The van der Waals surface area contributed by atoms with Gasteiger partial charge in [0, 0.05) is 17.2 Å². The molecule has 1 aromatic heterocycles. The Kier molecular flexibility index (Phi) is 4.71. The number of aliphatic imine (C=N–C) groups is 1. The Balaban J connectivity index is 1.91. The molecule has 0 saturated carbocycles. The van der Waals surface area contributed by atoms with Gasteiger partial charge in [0.25, 0.3) is 5.69 Å². The number of nitro groups is 1. The minimum atomic E-state index is -0.365. The van der Waals surface area contributed by atoms with Crippen LogP contribution < -0.4 is 0 Å². The van der Waals surface area contributed by atoms with E-state index in [4.69, 9.17) is 4.42 Å². The Morgan fingerprint density at radius 3 is 2.50 bits per heavy atom. The smallest absolute Gasteiger partial charge is 0.272 e. The van der Waals surface area contributed by atoms with E-state index in [2.05, 4.69) is 18.0 Å². The molecule has 3 aromatic rings. The first kappa shape index (κ1) is 17.6. The number of nitro benzene ring substituents is 1. The highest BCUT2D eigenvalue weighted by Gasteiger charge is 2.16. The third-order valence-corrected chi connectivity index (χ3v) is 4.54. The first-order chi connectivity index (χ1) is 12.4. The zero-order chi connectivity index (χ0) is 18.8. The molecule has 0 radical (unpaired) electrons. The highest BCUT2D eigenvalue weighted by atomic mass is 16.6. The standard InChI is InChI=1S/C21H20N2O3/c1-13-6-5-7-19(16(13)4)22-12-17-8-9-21(26-17)18-10-15(3)20(23(24)25)11-14(18)2/h5-12H,1-4H3. The van der Waals surface area contributed by atoms with Crippen LogP contribution in [0.15, 0.2) is 51.9 Å². The molecule has 1 heterocycles. The van der Waals surface area contributed by atoms with E-state index in [-0.39, 0.29) is 10.6 Å². The molecule has 0 aliphatic carbocycles. The molecule has 0 unspecified atom stereocenters. The number of benzene rings is 2. The van der Waals surface area contributed by atoms with Crippen LogP contribution in [0.2, 0.25) is 0 Å².